The minimum Gasteiger partial charge on any atom is -0.306 e. The number of rotatable bonds is 4. The summed E-state index contributed by atoms with van der Waals surface area (Å²) in [6.45, 7) is 4.04. The summed E-state index contributed by atoms with van der Waals surface area (Å²) in [7, 11) is 0. The van der Waals surface area contributed by atoms with Crippen molar-refractivity contribution in [3.8, 4) is 0 Å². The van der Waals surface area contributed by atoms with Crippen LogP contribution in [0, 0.1) is 24.4 Å². The summed E-state index contributed by atoms with van der Waals surface area (Å²) in [4.78, 5) is 0. The van der Waals surface area contributed by atoms with Crippen LogP contribution in [-0.4, -0.2) is 6.54 Å². The normalized spacial score (nSPS) is 12.5. The van der Waals surface area contributed by atoms with E-state index in [0.29, 0.717) is 17.7 Å². The van der Waals surface area contributed by atoms with Crippen molar-refractivity contribution in [2.75, 3.05) is 6.54 Å². The lowest BCUT2D eigenvalue weighted by Crippen LogP contribution is -2.23. The van der Waals surface area contributed by atoms with E-state index < -0.39 is 17.7 Å². The van der Waals surface area contributed by atoms with E-state index in [4.69, 9.17) is 0 Å². The van der Waals surface area contributed by atoms with Crippen LogP contribution in [0.4, 0.5) is 13.2 Å². The van der Waals surface area contributed by atoms with Crippen LogP contribution < -0.4 is 5.32 Å². The summed E-state index contributed by atoms with van der Waals surface area (Å²) >= 11 is 2.95. The van der Waals surface area contributed by atoms with Gasteiger partial charge in [-0.15, -0.1) is 0 Å². The van der Waals surface area contributed by atoms with Gasteiger partial charge in [0, 0.05) is 5.56 Å². The quantitative estimate of drug-likeness (QED) is 0.769. The molecule has 0 saturated carbocycles. The summed E-state index contributed by atoms with van der Waals surface area (Å²) in [6.07, 6.45) is 0. The number of nitrogens with one attached hydrogen (secondary N) is 1. The second kappa shape index (κ2) is 6.62. The maximum absolute atomic E-state index is 14.1. The van der Waals surface area contributed by atoms with Crippen LogP contribution in [0.1, 0.15) is 29.7 Å². The molecule has 2 aromatic rings. The highest BCUT2D eigenvalue weighted by atomic mass is 79.9. The first kappa shape index (κ1) is 16.0. The molecule has 0 amide bonds. The summed E-state index contributed by atoms with van der Waals surface area (Å²) < 4.78 is 41.6. The predicted molar refractivity (Wildman–Crippen MR) is 80.7 cm³/mol. The maximum Gasteiger partial charge on any atom is 0.137 e. The van der Waals surface area contributed by atoms with Crippen LogP contribution in [-0.2, 0) is 0 Å². The van der Waals surface area contributed by atoms with Crippen molar-refractivity contribution in [3.63, 3.8) is 0 Å². The van der Waals surface area contributed by atoms with Gasteiger partial charge in [-0.2, -0.15) is 0 Å². The first-order chi connectivity index (χ1) is 9.93. The van der Waals surface area contributed by atoms with Crippen LogP contribution in [0.3, 0.4) is 0 Å². The molecule has 1 atom stereocenters. The van der Waals surface area contributed by atoms with Gasteiger partial charge in [0.05, 0.1) is 10.5 Å². The van der Waals surface area contributed by atoms with Crippen LogP contribution in [0.5, 0.6) is 0 Å². The molecular weight excluding hydrogens is 343 g/mol. The highest BCUT2D eigenvalue weighted by Crippen LogP contribution is 2.29. The first-order valence-electron chi connectivity index (χ1n) is 6.58. The molecule has 2 rings (SSSR count). The third-order valence-corrected chi connectivity index (χ3v) is 3.90. The van der Waals surface area contributed by atoms with Gasteiger partial charge in [0.25, 0.3) is 0 Å². The SMILES string of the molecule is CCNC(c1ccc(C)c(F)c1)c1cc(F)c(Br)cc1F. The van der Waals surface area contributed by atoms with E-state index in [-0.39, 0.29) is 15.9 Å². The van der Waals surface area contributed by atoms with Gasteiger partial charge in [0.1, 0.15) is 17.5 Å². The predicted octanol–water partition coefficient (Wildman–Crippen LogP) is 4.87. The lowest BCUT2D eigenvalue weighted by atomic mass is 9.97. The van der Waals surface area contributed by atoms with Gasteiger partial charge in [-0.25, -0.2) is 13.2 Å². The minimum absolute atomic E-state index is 0.0640. The fourth-order valence-corrected chi connectivity index (χ4v) is 2.47. The molecule has 0 bridgehead atoms. The molecule has 0 aliphatic rings. The number of benzene rings is 2. The van der Waals surface area contributed by atoms with Crippen LogP contribution in [0.2, 0.25) is 0 Å². The molecule has 2 aromatic carbocycles. The smallest absolute Gasteiger partial charge is 0.137 e. The third-order valence-electron chi connectivity index (χ3n) is 3.29. The topological polar surface area (TPSA) is 12.0 Å². The van der Waals surface area contributed by atoms with E-state index in [1.165, 1.54) is 6.07 Å². The van der Waals surface area contributed by atoms with Gasteiger partial charge in [0.2, 0.25) is 0 Å². The van der Waals surface area contributed by atoms with Gasteiger partial charge in [0.15, 0.2) is 0 Å². The van der Waals surface area contributed by atoms with Crippen molar-refractivity contribution in [2.45, 2.75) is 19.9 Å². The highest BCUT2D eigenvalue weighted by molar-refractivity contribution is 9.10. The van der Waals surface area contributed by atoms with E-state index in [2.05, 4.69) is 21.2 Å². The summed E-state index contributed by atoms with van der Waals surface area (Å²) in [5.41, 5.74) is 1.22. The molecule has 0 radical (unpaired) electrons. The number of halogens is 4. The molecule has 21 heavy (non-hydrogen) atoms. The van der Waals surface area contributed by atoms with Gasteiger partial charge in [-0.1, -0.05) is 19.1 Å². The van der Waals surface area contributed by atoms with E-state index in [1.807, 2.05) is 6.92 Å². The molecular formula is C16H15BrF3N. The Morgan fingerprint density at radius 2 is 1.76 bits per heavy atom. The van der Waals surface area contributed by atoms with Crippen molar-refractivity contribution in [3.05, 3.63) is 68.9 Å². The minimum atomic E-state index is -0.604. The van der Waals surface area contributed by atoms with E-state index in [9.17, 15) is 13.2 Å². The molecule has 1 unspecified atom stereocenters. The largest absolute Gasteiger partial charge is 0.306 e. The average molecular weight is 358 g/mol. The molecule has 0 spiro atoms. The van der Waals surface area contributed by atoms with Crippen molar-refractivity contribution in [1.82, 2.24) is 5.32 Å². The summed E-state index contributed by atoms with van der Waals surface area (Å²) in [5, 5.41) is 3.06. The zero-order chi connectivity index (χ0) is 15.6. The average Bonchev–Trinajstić information content (AvgIpc) is 2.44. The molecule has 1 N–H and O–H groups in total. The Kier molecular flexibility index (Phi) is 5.06. The van der Waals surface area contributed by atoms with Crippen molar-refractivity contribution in [1.29, 1.82) is 0 Å². The van der Waals surface area contributed by atoms with Gasteiger partial charge in [-0.3, -0.25) is 0 Å². The second-order valence-corrected chi connectivity index (χ2v) is 5.64. The van der Waals surface area contributed by atoms with Crippen LogP contribution >= 0.6 is 15.9 Å². The Morgan fingerprint density at radius 3 is 2.38 bits per heavy atom. The number of aryl methyl sites for hydroxylation is 1. The fourth-order valence-electron chi connectivity index (χ4n) is 2.16. The Labute approximate surface area is 130 Å². The molecule has 1 nitrogen and oxygen atoms in total. The molecule has 5 heteroatoms. The van der Waals surface area contributed by atoms with Crippen molar-refractivity contribution < 1.29 is 13.2 Å². The Balaban J connectivity index is 2.52. The standard InChI is InChI=1S/C16H15BrF3N/c1-3-21-16(10-5-4-9(2)13(18)6-10)11-7-15(20)12(17)8-14(11)19/h4-8,16,21H,3H2,1-2H3. The number of hydrogen-bond acceptors (Lipinski definition) is 1. The Morgan fingerprint density at radius 1 is 1.05 bits per heavy atom. The third kappa shape index (κ3) is 3.47. The molecule has 0 fully saturated rings. The van der Waals surface area contributed by atoms with Gasteiger partial charge in [-0.05, 0) is 58.7 Å². The van der Waals surface area contributed by atoms with Crippen molar-refractivity contribution >= 4 is 15.9 Å². The van der Waals surface area contributed by atoms with E-state index >= 15 is 0 Å². The van der Waals surface area contributed by atoms with Gasteiger partial charge >= 0.3 is 0 Å². The van der Waals surface area contributed by atoms with E-state index in [1.54, 1.807) is 19.1 Å². The molecule has 0 heterocycles. The molecule has 0 aliphatic heterocycles. The fraction of sp³-hybridized carbons (Fsp3) is 0.250. The second-order valence-electron chi connectivity index (χ2n) is 4.79. The van der Waals surface area contributed by atoms with Crippen molar-refractivity contribution in [2.24, 2.45) is 0 Å². The lowest BCUT2D eigenvalue weighted by molar-refractivity contribution is 0.539. The monoisotopic (exact) mass is 357 g/mol. The maximum atomic E-state index is 14.1. The molecule has 112 valence electrons. The first-order valence-corrected chi connectivity index (χ1v) is 7.37. The number of hydrogen-bond donors (Lipinski definition) is 1. The summed E-state index contributed by atoms with van der Waals surface area (Å²) in [6, 6.07) is 6.30. The molecule has 0 aliphatic carbocycles. The summed E-state index contributed by atoms with van der Waals surface area (Å²) in [5.74, 6) is -1.47. The van der Waals surface area contributed by atoms with Crippen LogP contribution in [0.25, 0.3) is 0 Å². The zero-order valence-corrected chi connectivity index (χ0v) is 13.3. The van der Waals surface area contributed by atoms with Gasteiger partial charge < -0.3 is 5.32 Å². The lowest BCUT2D eigenvalue weighted by Gasteiger charge is -2.20. The molecule has 0 aromatic heterocycles. The Bertz CT molecular complexity index is 658. The van der Waals surface area contributed by atoms with Crippen LogP contribution in [0.15, 0.2) is 34.8 Å². The highest BCUT2D eigenvalue weighted by Gasteiger charge is 2.20. The van der Waals surface area contributed by atoms with E-state index in [0.717, 1.165) is 12.1 Å². The Hall–Kier alpha value is -1.33. The molecule has 0 saturated heterocycles. The zero-order valence-electron chi connectivity index (χ0n) is 11.7.